The van der Waals surface area contributed by atoms with Gasteiger partial charge in [-0.15, -0.1) is 0 Å². The molecule has 0 N–H and O–H groups in total. The molecule has 3 aliphatic heterocycles. The Kier molecular flexibility index (Phi) is 20.6. The first-order valence-corrected chi connectivity index (χ1v) is 45.8. The lowest BCUT2D eigenvalue weighted by molar-refractivity contribution is 0.00578. The van der Waals surface area contributed by atoms with E-state index in [1.165, 1.54) is 0 Å². The van der Waals surface area contributed by atoms with E-state index in [2.05, 4.69) is 266 Å². The first-order valence-electron chi connectivity index (χ1n) is 41.6. The van der Waals surface area contributed by atoms with Crippen LogP contribution in [0.15, 0.2) is 381 Å². The highest BCUT2D eigenvalue weighted by Crippen LogP contribution is 2.54. The Morgan fingerprint density at radius 1 is 0.298 bits per heavy atom. The number of hydrogen-bond donors (Lipinski definition) is 0. The molecule has 5 heterocycles. The fourth-order valence-electron chi connectivity index (χ4n) is 17.9. The second-order valence-corrected chi connectivity index (χ2v) is 40.4. The van der Waals surface area contributed by atoms with E-state index in [1.807, 2.05) is 200 Å². The third kappa shape index (κ3) is 14.2. The highest BCUT2D eigenvalue weighted by atomic mass is 79.9. The summed E-state index contributed by atoms with van der Waals surface area (Å²) in [6.07, 6.45) is 0. The molecule has 3 aliphatic rings. The summed E-state index contributed by atoms with van der Waals surface area (Å²) in [5, 5.41) is 9.33. The number of rotatable bonds is 12. The van der Waals surface area contributed by atoms with E-state index >= 15 is 4.57 Å². The van der Waals surface area contributed by atoms with Gasteiger partial charge in [0.2, 0.25) is 0 Å². The molecule has 0 amide bonds. The van der Waals surface area contributed by atoms with Gasteiger partial charge in [0.1, 0.15) is 23.0 Å². The fourth-order valence-corrected chi connectivity index (χ4v) is 23.8. The van der Waals surface area contributed by atoms with Crippen LogP contribution in [0.3, 0.4) is 0 Å². The normalized spacial score (nSPS) is 14.4. The molecule has 0 aliphatic carbocycles. The van der Waals surface area contributed by atoms with Crippen molar-refractivity contribution in [2.75, 3.05) is 0 Å². The van der Waals surface area contributed by atoms with Gasteiger partial charge < -0.3 is 37.0 Å². The number of hydrogen-bond acceptors (Lipinski definition) is 6. The molecule has 0 saturated carbocycles. The van der Waals surface area contributed by atoms with Gasteiger partial charge in [0, 0.05) is 91.5 Å². The molecule has 1 saturated heterocycles. The van der Waals surface area contributed by atoms with Crippen molar-refractivity contribution in [3.8, 4) is 67.8 Å². The SMILES string of the molecule is O=P(c1ccccc1)(c1ccccc1)c1cccc(Br)c1.[C-]#[N+]c1ccc2c(c1)c1cc(-c3ccc4c(c3)C(C)(C)c3cc(-c5cccc(P(=O)(c6ccccc6)c6ccccc6)c5)ccc3O4)ccc1n2-c1ccccc1.[C-]#[N+]c1ccc2c(c1)c1cc(-c3ccc4c(c3)C(C)(C)c3cc(B5OC(C)(C)C(C)(C)O5)ccc3O4)ccc1n2-c1ccccc1. The maximum absolute atomic E-state index is 15.2. The Hall–Kier alpha value is -13.4. The van der Waals surface area contributed by atoms with Gasteiger partial charge in [-0.05, 0) is 211 Å². The zero-order valence-corrected chi connectivity index (χ0v) is 73.3. The number of fused-ring (bicyclic) bond motifs is 10. The van der Waals surface area contributed by atoms with E-state index in [9.17, 15) is 4.57 Å². The second kappa shape index (κ2) is 31.8. The minimum absolute atomic E-state index is 0.323. The molecule has 0 spiro atoms. The number of halogens is 1. The van der Waals surface area contributed by atoms with Gasteiger partial charge in [0.05, 0.1) is 46.4 Å². The third-order valence-electron chi connectivity index (χ3n) is 25.2. The predicted octanol–water partition coefficient (Wildman–Crippen LogP) is 26.6. The van der Waals surface area contributed by atoms with E-state index in [0.717, 1.165) is 175 Å². The molecule has 18 aromatic rings. The van der Waals surface area contributed by atoms with Crippen molar-refractivity contribution in [1.29, 1.82) is 0 Å². The summed E-state index contributed by atoms with van der Waals surface area (Å²) in [5.41, 5.74) is 18.2. The van der Waals surface area contributed by atoms with Crippen molar-refractivity contribution in [3.63, 3.8) is 0 Å². The van der Waals surface area contributed by atoms with Gasteiger partial charge in [0.25, 0.3) is 0 Å². The summed E-state index contributed by atoms with van der Waals surface area (Å²) < 4.78 is 60.5. The van der Waals surface area contributed by atoms with Gasteiger partial charge in [-0.25, -0.2) is 9.69 Å². The molecule has 0 unspecified atom stereocenters. The van der Waals surface area contributed by atoms with Crippen LogP contribution in [0, 0.1) is 13.1 Å². The fraction of sp³-hybridized carbons (Fsp3) is 0.109. The Balaban J connectivity index is 0.000000134. The summed E-state index contributed by atoms with van der Waals surface area (Å²) in [5.74, 6) is 3.41. The van der Waals surface area contributed by atoms with Crippen LogP contribution in [0.5, 0.6) is 23.0 Å². The van der Waals surface area contributed by atoms with E-state index in [1.54, 1.807) is 0 Å². The quantitative estimate of drug-likeness (QED) is 0.0688. The summed E-state index contributed by atoms with van der Waals surface area (Å²) in [6.45, 7) is 32.7. The number of aromatic nitrogens is 2. The van der Waals surface area contributed by atoms with Crippen LogP contribution in [0.4, 0.5) is 11.4 Å². The van der Waals surface area contributed by atoms with Crippen LogP contribution in [-0.2, 0) is 29.3 Å². The zero-order chi connectivity index (χ0) is 85.4. The van der Waals surface area contributed by atoms with Crippen molar-refractivity contribution < 1.29 is 27.9 Å². The highest BCUT2D eigenvalue weighted by Gasteiger charge is 2.52. The van der Waals surface area contributed by atoms with E-state index in [-0.39, 0.29) is 10.8 Å². The number of benzene rings is 16. The highest BCUT2D eigenvalue weighted by molar-refractivity contribution is 9.10. The molecule has 602 valence electrons. The van der Waals surface area contributed by atoms with Gasteiger partial charge in [0.15, 0.2) is 25.7 Å². The molecule has 124 heavy (non-hydrogen) atoms. The molecule has 0 bridgehead atoms. The van der Waals surface area contributed by atoms with Gasteiger partial charge in [-0.1, -0.05) is 286 Å². The van der Waals surface area contributed by atoms with Crippen molar-refractivity contribution in [2.45, 2.75) is 77.4 Å². The summed E-state index contributed by atoms with van der Waals surface area (Å²) in [6, 6.07) is 127. The lowest BCUT2D eigenvalue weighted by atomic mass is 9.71. The largest absolute Gasteiger partial charge is 0.494 e. The van der Waals surface area contributed by atoms with Crippen molar-refractivity contribution >= 4 is 130 Å². The lowest BCUT2D eigenvalue weighted by Crippen LogP contribution is -2.41. The first-order chi connectivity index (χ1) is 60.0. The minimum Gasteiger partial charge on any atom is -0.457 e. The molecular formula is C110H86BBrN4O6P2. The molecular weight excluding hydrogens is 1630 g/mol. The van der Waals surface area contributed by atoms with Crippen LogP contribution in [-0.4, -0.2) is 27.5 Å². The van der Waals surface area contributed by atoms with Crippen LogP contribution in [0.2, 0.25) is 0 Å². The summed E-state index contributed by atoms with van der Waals surface area (Å²) >= 11 is 3.48. The maximum Gasteiger partial charge on any atom is 0.494 e. The second-order valence-electron chi connectivity index (χ2n) is 34.0. The molecule has 0 atom stereocenters. The molecule has 14 heteroatoms. The van der Waals surface area contributed by atoms with Crippen molar-refractivity contribution in [3.05, 3.63) is 426 Å². The molecule has 21 rings (SSSR count). The number of ether oxygens (including phenoxy) is 2. The summed E-state index contributed by atoms with van der Waals surface area (Å²) in [4.78, 5) is 7.48. The van der Waals surface area contributed by atoms with E-state index < -0.39 is 32.6 Å². The van der Waals surface area contributed by atoms with Crippen molar-refractivity contribution in [1.82, 2.24) is 9.13 Å². The average Bonchev–Trinajstić information content (AvgIpc) is 1.30. The minimum atomic E-state index is -3.14. The Morgan fingerprint density at radius 3 is 0.968 bits per heavy atom. The Labute approximate surface area is 732 Å². The topological polar surface area (TPSA) is 89.6 Å². The van der Waals surface area contributed by atoms with E-state index in [4.69, 9.17) is 31.9 Å². The van der Waals surface area contributed by atoms with Gasteiger partial charge in [-0.2, -0.15) is 0 Å². The number of nitrogens with zero attached hydrogens (tertiary/aromatic N) is 4. The molecule has 0 radical (unpaired) electrons. The van der Waals surface area contributed by atoms with Gasteiger partial charge >= 0.3 is 7.12 Å². The number of para-hydroxylation sites is 2. The summed E-state index contributed by atoms with van der Waals surface area (Å²) in [7, 11) is -6.41. The molecule has 10 nitrogen and oxygen atoms in total. The van der Waals surface area contributed by atoms with Crippen molar-refractivity contribution in [2.24, 2.45) is 0 Å². The average molecular weight is 1710 g/mol. The lowest BCUT2D eigenvalue weighted by Gasteiger charge is -2.35. The third-order valence-corrected chi connectivity index (χ3v) is 31.9. The zero-order valence-electron chi connectivity index (χ0n) is 69.9. The van der Waals surface area contributed by atoms with E-state index in [0.29, 0.717) is 11.4 Å². The Bertz CT molecular complexity index is 7320. The molecule has 2 aromatic heterocycles. The smallest absolute Gasteiger partial charge is 0.457 e. The van der Waals surface area contributed by atoms with Gasteiger partial charge in [-0.3, -0.25) is 0 Å². The standard InChI is InChI=1S/C52H37N2O2P.C40H35BN2O3.C18H14BrOP/c1-52(2)46-32-37(35-14-13-21-43(30-35)57(55,41-17-9-5-10-18-41)42-19-11-6-12-20-42)23-28-50(46)56-51-29-24-38(33-47(51)52)36-22-26-48-44(31-36)45-34-39(53-3)25-27-49(45)54(48)40-15-7-4-8-16-40;1-38(2)32-22-26(14-19-36(32)44-37-20-15-27(23-33(37)38)41-45-39(3,4)40(5,6)46-41)25-13-17-34-30(21-25)31-24-28(42-7)16-18-35(31)43(34)29-11-9-8-10-12-29;19-15-8-7-13-18(14-15)21(20,16-9-3-1-4-10-16)17-11-5-2-6-12-17/h4-34H,1-2H3;8-24H,1-6H3;1-14H. The first kappa shape index (κ1) is 80.4. The molecule has 1 fully saturated rings. The van der Waals surface area contributed by atoms with Crippen LogP contribution >= 0.6 is 30.2 Å². The van der Waals surface area contributed by atoms with Crippen LogP contribution in [0.1, 0.15) is 77.6 Å². The molecule has 16 aromatic carbocycles. The van der Waals surface area contributed by atoms with Crippen LogP contribution in [0.25, 0.3) is 98.1 Å². The Morgan fingerprint density at radius 2 is 0.597 bits per heavy atom. The predicted molar refractivity (Wildman–Crippen MR) is 516 cm³/mol. The van der Waals surface area contributed by atoms with Crippen LogP contribution < -0.4 is 46.8 Å². The monoisotopic (exact) mass is 1710 g/mol. The maximum atomic E-state index is 15.2.